The van der Waals surface area contributed by atoms with Gasteiger partial charge in [0, 0.05) is 16.9 Å². The number of rotatable bonds is 4. The molecule has 1 amide bonds. The Morgan fingerprint density at radius 1 is 1.53 bits per heavy atom. The first-order valence-electron chi connectivity index (χ1n) is 4.73. The maximum absolute atomic E-state index is 11.4. The van der Waals surface area contributed by atoms with Crippen molar-refractivity contribution in [2.24, 2.45) is 0 Å². The van der Waals surface area contributed by atoms with Crippen LogP contribution in [0.15, 0.2) is 24.3 Å². The second kappa shape index (κ2) is 5.99. The summed E-state index contributed by atoms with van der Waals surface area (Å²) in [7, 11) is 0. The van der Waals surface area contributed by atoms with E-state index in [0.717, 1.165) is 5.56 Å². The number of carbonyl (C=O) groups excluding carboxylic acids is 1. The molecule has 2 nitrogen and oxygen atoms in total. The predicted octanol–water partition coefficient (Wildman–Crippen LogP) is 2.63. The van der Waals surface area contributed by atoms with Gasteiger partial charge in [0.25, 0.3) is 0 Å². The number of alkyl halides is 1. The highest BCUT2D eigenvalue weighted by atomic mass is 35.5. The highest BCUT2D eigenvalue weighted by molar-refractivity contribution is 6.30. The Balaban J connectivity index is 2.44. The van der Waals surface area contributed by atoms with E-state index < -0.39 is 0 Å². The molecule has 0 heterocycles. The lowest BCUT2D eigenvalue weighted by atomic mass is 10.1. The van der Waals surface area contributed by atoms with Gasteiger partial charge in [0.15, 0.2) is 0 Å². The zero-order valence-corrected chi connectivity index (χ0v) is 9.98. The third-order valence-corrected chi connectivity index (χ3v) is 2.22. The number of nitrogens with one attached hydrogen (secondary N) is 1. The van der Waals surface area contributed by atoms with E-state index in [0.29, 0.717) is 18.0 Å². The molecule has 1 rings (SSSR count). The van der Waals surface area contributed by atoms with Crippen LogP contribution >= 0.6 is 23.2 Å². The molecule has 0 spiro atoms. The van der Waals surface area contributed by atoms with E-state index >= 15 is 0 Å². The Labute approximate surface area is 99.6 Å². The number of amides is 1. The molecule has 4 heteroatoms. The van der Waals surface area contributed by atoms with Crippen molar-refractivity contribution in [3.8, 4) is 0 Å². The molecule has 0 saturated heterocycles. The number of halogens is 2. The lowest BCUT2D eigenvalue weighted by Gasteiger charge is -2.06. The average Bonchev–Trinajstić information content (AvgIpc) is 2.15. The van der Waals surface area contributed by atoms with E-state index in [1.54, 1.807) is 12.1 Å². The third kappa shape index (κ3) is 5.05. The minimum absolute atomic E-state index is 0.0373. The van der Waals surface area contributed by atoms with Crippen LogP contribution in [0.5, 0.6) is 0 Å². The number of hydrogen-bond donors (Lipinski definition) is 1. The first kappa shape index (κ1) is 12.3. The van der Waals surface area contributed by atoms with Crippen molar-refractivity contribution < 1.29 is 4.79 Å². The van der Waals surface area contributed by atoms with Crippen molar-refractivity contribution in [2.75, 3.05) is 6.54 Å². The monoisotopic (exact) mass is 245 g/mol. The summed E-state index contributed by atoms with van der Waals surface area (Å²) in [4.78, 5) is 11.4. The minimum atomic E-state index is -0.0479. The maximum atomic E-state index is 11.4. The van der Waals surface area contributed by atoms with E-state index in [4.69, 9.17) is 23.2 Å². The zero-order chi connectivity index (χ0) is 11.3. The van der Waals surface area contributed by atoms with Crippen molar-refractivity contribution in [2.45, 2.75) is 18.7 Å². The summed E-state index contributed by atoms with van der Waals surface area (Å²) in [5.74, 6) is -0.0373. The third-order valence-electron chi connectivity index (χ3n) is 1.83. The number of hydrogen-bond acceptors (Lipinski definition) is 1. The van der Waals surface area contributed by atoms with Gasteiger partial charge in [-0.2, -0.15) is 0 Å². The number of carbonyl (C=O) groups is 1. The molecule has 1 atom stereocenters. The van der Waals surface area contributed by atoms with E-state index in [2.05, 4.69) is 5.32 Å². The van der Waals surface area contributed by atoms with Crippen LogP contribution in [-0.4, -0.2) is 17.8 Å². The van der Waals surface area contributed by atoms with Gasteiger partial charge in [-0.25, -0.2) is 0 Å². The van der Waals surface area contributed by atoms with Gasteiger partial charge in [0.1, 0.15) is 0 Å². The maximum Gasteiger partial charge on any atom is 0.224 e. The molecule has 0 aromatic heterocycles. The van der Waals surface area contributed by atoms with Gasteiger partial charge in [-0.05, 0) is 24.6 Å². The Morgan fingerprint density at radius 2 is 2.27 bits per heavy atom. The Bertz CT molecular complexity index is 339. The van der Waals surface area contributed by atoms with Crippen molar-refractivity contribution in [3.63, 3.8) is 0 Å². The van der Waals surface area contributed by atoms with E-state index in [-0.39, 0.29) is 11.3 Å². The van der Waals surface area contributed by atoms with Gasteiger partial charge in [0.2, 0.25) is 5.91 Å². The number of benzene rings is 1. The summed E-state index contributed by atoms with van der Waals surface area (Å²) in [6.07, 6.45) is 0.337. The molecule has 0 radical (unpaired) electrons. The van der Waals surface area contributed by atoms with E-state index in [1.807, 2.05) is 19.1 Å². The predicted molar refractivity (Wildman–Crippen MR) is 63.5 cm³/mol. The molecule has 1 N–H and O–H groups in total. The van der Waals surface area contributed by atoms with Gasteiger partial charge >= 0.3 is 0 Å². The SMILES string of the molecule is CC(Cl)CNC(=O)Cc1cccc(Cl)c1. The summed E-state index contributed by atoms with van der Waals surface area (Å²) in [5.41, 5.74) is 0.905. The van der Waals surface area contributed by atoms with Crippen LogP contribution in [0.3, 0.4) is 0 Å². The van der Waals surface area contributed by atoms with Gasteiger partial charge < -0.3 is 5.32 Å². The van der Waals surface area contributed by atoms with Gasteiger partial charge in [-0.3, -0.25) is 4.79 Å². The fourth-order valence-electron chi connectivity index (χ4n) is 1.15. The summed E-state index contributed by atoms with van der Waals surface area (Å²) >= 11 is 11.5. The van der Waals surface area contributed by atoms with E-state index in [9.17, 15) is 4.79 Å². The average molecular weight is 246 g/mol. The van der Waals surface area contributed by atoms with E-state index in [1.165, 1.54) is 0 Å². The van der Waals surface area contributed by atoms with Gasteiger partial charge in [-0.15, -0.1) is 11.6 Å². The molecule has 0 aliphatic heterocycles. The molecule has 82 valence electrons. The Morgan fingerprint density at radius 3 is 2.87 bits per heavy atom. The van der Waals surface area contributed by atoms with Crippen LogP contribution in [0.1, 0.15) is 12.5 Å². The van der Waals surface area contributed by atoms with Crippen molar-refractivity contribution in [1.29, 1.82) is 0 Å². The molecule has 15 heavy (non-hydrogen) atoms. The second-order valence-electron chi connectivity index (χ2n) is 3.39. The van der Waals surface area contributed by atoms with Crippen molar-refractivity contribution in [3.05, 3.63) is 34.9 Å². The molecular formula is C11H13Cl2NO. The first-order valence-corrected chi connectivity index (χ1v) is 5.54. The smallest absolute Gasteiger partial charge is 0.224 e. The largest absolute Gasteiger partial charge is 0.354 e. The van der Waals surface area contributed by atoms with Crippen LogP contribution in [0.4, 0.5) is 0 Å². The standard InChI is InChI=1S/C11H13Cl2NO/c1-8(12)7-14-11(15)6-9-3-2-4-10(13)5-9/h2-5,8H,6-7H2,1H3,(H,14,15). The molecule has 0 fully saturated rings. The normalized spacial score (nSPS) is 12.2. The van der Waals surface area contributed by atoms with Crippen LogP contribution in [0.25, 0.3) is 0 Å². The zero-order valence-electron chi connectivity index (χ0n) is 8.47. The summed E-state index contributed by atoms with van der Waals surface area (Å²) in [5, 5.41) is 3.33. The summed E-state index contributed by atoms with van der Waals surface area (Å²) < 4.78 is 0. The van der Waals surface area contributed by atoms with Gasteiger partial charge in [0.05, 0.1) is 6.42 Å². The molecule has 0 saturated carbocycles. The van der Waals surface area contributed by atoms with Crippen LogP contribution in [-0.2, 0) is 11.2 Å². The van der Waals surface area contributed by atoms with Crippen molar-refractivity contribution in [1.82, 2.24) is 5.32 Å². The molecule has 1 aromatic rings. The van der Waals surface area contributed by atoms with Crippen LogP contribution < -0.4 is 5.32 Å². The molecule has 0 aliphatic carbocycles. The Kier molecular flexibility index (Phi) is 4.92. The molecule has 0 aliphatic rings. The second-order valence-corrected chi connectivity index (χ2v) is 4.57. The first-order chi connectivity index (χ1) is 7.08. The fraction of sp³-hybridized carbons (Fsp3) is 0.364. The van der Waals surface area contributed by atoms with Crippen LogP contribution in [0.2, 0.25) is 5.02 Å². The Hall–Kier alpha value is -0.730. The molecule has 0 bridgehead atoms. The fourth-order valence-corrected chi connectivity index (χ4v) is 1.44. The lowest BCUT2D eigenvalue weighted by molar-refractivity contribution is -0.120. The molecule has 1 unspecified atom stereocenters. The van der Waals surface area contributed by atoms with Gasteiger partial charge in [-0.1, -0.05) is 23.7 Å². The highest BCUT2D eigenvalue weighted by Crippen LogP contribution is 2.10. The summed E-state index contributed by atoms with van der Waals surface area (Å²) in [6, 6.07) is 7.26. The topological polar surface area (TPSA) is 29.1 Å². The summed E-state index contributed by atoms with van der Waals surface area (Å²) in [6.45, 7) is 2.32. The lowest BCUT2D eigenvalue weighted by Crippen LogP contribution is -2.29. The quantitative estimate of drug-likeness (QED) is 0.813. The highest BCUT2D eigenvalue weighted by Gasteiger charge is 2.04. The minimum Gasteiger partial charge on any atom is -0.354 e. The molecule has 1 aromatic carbocycles. The molecular weight excluding hydrogens is 233 g/mol. The van der Waals surface area contributed by atoms with Crippen LogP contribution in [0, 0.1) is 0 Å². The van der Waals surface area contributed by atoms with Crippen molar-refractivity contribution >= 4 is 29.1 Å².